The van der Waals surface area contributed by atoms with Crippen molar-refractivity contribution in [1.82, 2.24) is 0 Å². The maximum Gasteiger partial charge on any atom is 0.404 e. The monoisotopic (exact) mass is 193 g/mol. The molecule has 5 nitrogen and oxygen atoms in total. The molecule has 0 aliphatic heterocycles. The third kappa shape index (κ3) is 2.10. The molecule has 0 bridgehead atoms. The lowest BCUT2D eigenvalue weighted by Gasteiger charge is -2.05. The molecule has 1 aliphatic rings. The van der Waals surface area contributed by atoms with Crippen LogP contribution in [0.3, 0.4) is 0 Å². The Kier molecular flexibility index (Phi) is 2.56. The zero-order valence-corrected chi connectivity index (χ0v) is 7.38. The van der Waals surface area contributed by atoms with Gasteiger partial charge in [0.2, 0.25) is 0 Å². The SMILES string of the molecule is NC(=O)OCCC1([SH](=O)=O)CC1. The Morgan fingerprint density at radius 2 is 2.08 bits per heavy atom. The molecule has 0 heterocycles. The summed E-state index contributed by atoms with van der Waals surface area (Å²) in [6.07, 6.45) is 0.864. The average molecular weight is 193 g/mol. The highest BCUT2D eigenvalue weighted by atomic mass is 32.2. The standard InChI is InChI=1S/C6H11NO4S/c7-5(8)11-4-3-6(1-2-6)12(9)10/h12H,1-4H2,(H2,7,8). The van der Waals surface area contributed by atoms with E-state index < -0.39 is 21.5 Å². The molecular formula is C6H11NO4S. The molecule has 1 rings (SSSR count). The average Bonchev–Trinajstić information content (AvgIpc) is 2.68. The van der Waals surface area contributed by atoms with Gasteiger partial charge in [-0.3, -0.25) is 0 Å². The second kappa shape index (κ2) is 3.30. The lowest BCUT2D eigenvalue weighted by atomic mass is 10.3. The van der Waals surface area contributed by atoms with Crippen LogP contribution in [0, 0.1) is 0 Å². The van der Waals surface area contributed by atoms with Crippen LogP contribution in [-0.4, -0.2) is 25.9 Å². The Morgan fingerprint density at radius 1 is 1.50 bits per heavy atom. The number of rotatable bonds is 4. The van der Waals surface area contributed by atoms with E-state index in [4.69, 9.17) is 5.73 Å². The lowest BCUT2D eigenvalue weighted by molar-refractivity contribution is 0.154. The third-order valence-corrected chi connectivity index (χ3v) is 3.47. The number of hydrogen-bond donors (Lipinski definition) is 2. The molecule has 1 saturated carbocycles. The number of nitrogens with two attached hydrogens (primary N) is 1. The smallest absolute Gasteiger partial charge is 0.404 e. The van der Waals surface area contributed by atoms with Crippen LogP contribution in [0.15, 0.2) is 0 Å². The summed E-state index contributed by atoms with van der Waals surface area (Å²) in [7, 11) is -2.40. The first-order valence-corrected chi connectivity index (χ1v) is 4.81. The Balaban J connectivity index is 2.28. The normalized spacial score (nSPS) is 19.1. The number of carbonyl (C=O) groups excluding carboxylic acids is 1. The molecule has 0 aromatic rings. The Morgan fingerprint density at radius 3 is 2.42 bits per heavy atom. The highest BCUT2D eigenvalue weighted by molar-refractivity contribution is 7.74. The first-order valence-electron chi connectivity index (χ1n) is 3.64. The number of primary amides is 1. The zero-order chi connectivity index (χ0) is 9.19. The van der Waals surface area contributed by atoms with E-state index in [9.17, 15) is 13.2 Å². The quantitative estimate of drug-likeness (QED) is 0.596. The maximum absolute atomic E-state index is 10.6. The van der Waals surface area contributed by atoms with Gasteiger partial charge in [0.25, 0.3) is 0 Å². The minimum absolute atomic E-state index is 0.0959. The Hall–Kier alpha value is -0.780. The molecule has 0 radical (unpaired) electrons. The van der Waals surface area contributed by atoms with E-state index in [2.05, 4.69) is 4.74 Å². The van der Waals surface area contributed by atoms with Crippen molar-refractivity contribution < 1.29 is 17.9 Å². The van der Waals surface area contributed by atoms with Gasteiger partial charge in [-0.05, 0) is 12.8 Å². The van der Waals surface area contributed by atoms with E-state index in [0.29, 0.717) is 19.3 Å². The summed E-state index contributed by atoms with van der Waals surface area (Å²) >= 11 is 0. The zero-order valence-electron chi connectivity index (χ0n) is 6.49. The molecule has 0 atom stereocenters. The van der Waals surface area contributed by atoms with E-state index >= 15 is 0 Å². The van der Waals surface area contributed by atoms with Gasteiger partial charge in [-0.1, -0.05) is 0 Å². The molecule has 1 amide bonds. The Bertz CT molecular complexity index is 248. The second-order valence-corrected chi connectivity index (χ2v) is 4.36. The van der Waals surface area contributed by atoms with Crippen LogP contribution in [-0.2, 0) is 15.4 Å². The summed E-state index contributed by atoms with van der Waals surface area (Å²) in [5, 5.41) is 0. The largest absolute Gasteiger partial charge is 0.450 e. The van der Waals surface area contributed by atoms with Gasteiger partial charge in [0.1, 0.15) is 10.7 Å². The van der Waals surface area contributed by atoms with E-state index in [1.54, 1.807) is 0 Å². The predicted molar refractivity (Wildman–Crippen MR) is 42.4 cm³/mol. The van der Waals surface area contributed by atoms with Crippen molar-refractivity contribution in [2.75, 3.05) is 6.61 Å². The highest BCUT2D eigenvalue weighted by Crippen LogP contribution is 2.42. The third-order valence-electron chi connectivity index (χ3n) is 2.03. The second-order valence-electron chi connectivity index (χ2n) is 2.90. The number of carbonyl (C=O) groups is 1. The molecule has 2 N–H and O–H groups in total. The summed E-state index contributed by atoms with van der Waals surface area (Å²) in [5.74, 6) is 0. The summed E-state index contributed by atoms with van der Waals surface area (Å²) in [5.41, 5.74) is 4.71. The molecule has 0 unspecified atom stereocenters. The van der Waals surface area contributed by atoms with Gasteiger partial charge >= 0.3 is 6.09 Å². The first kappa shape index (κ1) is 9.31. The molecule has 0 saturated heterocycles. The molecular weight excluding hydrogens is 182 g/mol. The van der Waals surface area contributed by atoms with E-state index in [1.165, 1.54) is 0 Å². The van der Waals surface area contributed by atoms with Gasteiger partial charge in [0, 0.05) is 6.42 Å². The van der Waals surface area contributed by atoms with E-state index in [0.717, 1.165) is 0 Å². The van der Waals surface area contributed by atoms with Crippen molar-refractivity contribution in [2.45, 2.75) is 24.0 Å². The van der Waals surface area contributed by atoms with Crippen molar-refractivity contribution in [3.63, 3.8) is 0 Å². The van der Waals surface area contributed by atoms with Gasteiger partial charge in [0.15, 0.2) is 0 Å². The van der Waals surface area contributed by atoms with Crippen molar-refractivity contribution in [2.24, 2.45) is 5.73 Å². The molecule has 0 spiro atoms. The lowest BCUT2D eigenvalue weighted by Crippen LogP contribution is -2.19. The fourth-order valence-electron chi connectivity index (χ4n) is 1.01. The fraction of sp³-hybridized carbons (Fsp3) is 0.833. The van der Waals surface area contributed by atoms with E-state index in [-0.39, 0.29) is 6.61 Å². The summed E-state index contributed by atoms with van der Waals surface area (Å²) in [6, 6.07) is 0. The summed E-state index contributed by atoms with van der Waals surface area (Å²) < 4.78 is 25.1. The minimum atomic E-state index is -2.40. The molecule has 12 heavy (non-hydrogen) atoms. The fourth-order valence-corrected chi connectivity index (χ4v) is 1.76. The van der Waals surface area contributed by atoms with Crippen LogP contribution in [0.2, 0.25) is 0 Å². The minimum Gasteiger partial charge on any atom is -0.450 e. The first-order chi connectivity index (χ1) is 5.57. The maximum atomic E-state index is 10.6. The predicted octanol–water partition coefficient (Wildman–Crippen LogP) is -0.384. The van der Waals surface area contributed by atoms with Crippen LogP contribution in [0.5, 0.6) is 0 Å². The van der Waals surface area contributed by atoms with Crippen LogP contribution in [0.1, 0.15) is 19.3 Å². The molecule has 0 aromatic heterocycles. The topological polar surface area (TPSA) is 86.5 Å². The number of ether oxygens (including phenoxy) is 1. The van der Waals surface area contributed by atoms with Crippen LogP contribution in [0.25, 0.3) is 0 Å². The van der Waals surface area contributed by atoms with Crippen LogP contribution >= 0.6 is 0 Å². The molecule has 1 aliphatic carbocycles. The summed E-state index contributed by atoms with van der Waals surface area (Å²) in [6.45, 7) is 0.0959. The van der Waals surface area contributed by atoms with Crippen LogP contribution < -0.4 is 5.73 Å². The van der Waals surface area contributed by atoms with Gasteiger partial charge in [0.05, 0.1) is 11.4 Å². The molecule has 0 aromatic carbocycles. The van der Waals surface area contributed by atoms with Crippen molar-refractivity contribution >= 4 is 16.8 Å². The number of amides is 1. The highest BCUT2D eigenvalue weighted by Gasteiger charge is 2.46. The van der Waals surface area contributed by atoms with Crippen molar-refractivity contribution in [3.8, 4) is 0 Å². The van der Waals surface area contributed by atoms with Gasteiger partial charge in [-0.2, -0.15) is 0 Å². The van der Waals surface area contributed by atoms with E-state index in [1.807, 2.05) is 0 Å². The number of thiol groups is 1. The van der Waals surface area contributed by atoms with Gasteiger partial charge < -0.3 is 10.5 Å². The van der Waals surface area contributed by atoms with Gasteiger partial charge in [-0.25, -0.2) is 13.2 Å². The van der Waals surface area contributed by atoms with Crippen molar-refractivity contribution in [1.29, 1.82) is 0 Å². The number of hydrogen-bond acceptors (Lipinski definition) is 4. The van der Waals surface area contributed by atoms with Crippen molar-refractivity contribution in [3.05, 3.63) is 0 Å². The summed E-state index contributed by atoms with van der Waals surface area (Å²) in [4.78, 5) is 10.1. The molecule has 6 heteroatoms. The molecule has 1 fully saturated rings. The Labute approximate surface area is 71.8 Å². The van der Waals surface area contributed by atoms with Gasteiger partial charge in [-0.15, -0.1) is 0 Å². The van der Waals surface area contributed by atoms with Crippen LogP contribution in [0.4, 0.5) is 4.79 Å². The molecule has 70 valence electrons.